The van der Waals surface area contributed by atoms with Gasteiger partial charge in [0.25, 0.3) is 0 Å². The van der Waals surface area contributed by atoms with E-state index in [4.69, 9.17) is 9.16 Å². The van der Waals surface area contributed by atoms with E-state index in [2.05, 4.69) is 45.7 Å². The molecule has 24 heavy (non-hydrogen) atoms. The van der Waals surface area contributed by atoms with E-state index in [1.54, 1.807) is 20.8 Å². The molecule has 1 aliphatic heterocycles. The zero-order chi connectivity index (χ0) is 18.5. The van der Waals surface area contributed by atoms with Crippen LogP contribution in [-0.2, 0) is 14.0 Å². The molecular formula is C18H29NO4Si. The molecule has 3 unspecified atom stereocenters. The molecule has 1 saturated heterocycles. The number of nitrogens with zero attached hydrogens (tertiary/aromatic N) is 1. The summed E-state index contributed by atoms with van der Waals surface area (Å²) in [6, 6.07) is -0.354. The van der Waals surface area contributed by atoms with Gasteiger partial charge in [-0.2, -0.15) is 0 Å². The molecule has 0 saturated carbocycles. The second-order valence-corrected chi connectivity index (χ2v) is 13.9. The van der Waals surface area contributed by atoms with Gasteiger partial charge in [-0.3, -0.25) is 4.79 Å². The predicted molar refractivity (Wildman–Crippen MR) is 94.8 cm³/mol. The monoisotopic (exact) mass is 351 g/mol. The van der Waals surface area contributed by atoms with Crippen LogP contribution >= 0.6 is 0 Å². The number of amides is 2. The van der Waals surface area contributed by atoms with Gasteiger partial charge in [-0.15, -0.1) is 0 Å². The van der Waals surface area contributed by atoms with Crippen molar-refractivity contribution in [3.05, 3.63) is 0 Å². The van der Waals surface area contributed by atoms with Gasteiger partial charge in [-0.05, 0) is 38.9 Å². The van der Waals surface area contributed by atoms with Crippen LogP contribution in [0.15, 0.2) is 0 Å². The first kappa shape index (κ1) is 19.0. The molecule has 2 rings (SSSR count). The van der Waals surface area contributed by atoms with E-state index in [0.29, 0.717) is 6.61 Å². The summed E-state index contributed by atoms with van der Waals surface area (Å²) in [4.78, 5) is 26.2. The minimum Gasteiger partial charge on any atom is -0.443 e. The van der Waals surface area contributed by atoms with Crippen LogP contribution in [-0.4, -0.2) is 43.5 Å². The van der Waals surface area contributed by atoms with Gasteiger partial charge in [0.05, 0.1) is 18.6 Å². The lowest BCUT2D eigenvalue weighted by atomic mass is 9.84. The standard InChI is InChI=1S/C18H29NO4Si/c1-17(2,3)23-16(21)19-14(12-9-10-13(12)15(19)20)11-22-24(7,8)18(4,5)6/h12-14H,11H2,1-8H3. The summed E-state index contributed by atoms with van der Waals surface area (Å²) in [5.41, 5.74) is -0.648. The predicted octanol–water partition coefficient (Wildman–Crippen LogP) is 3.40. The van der Waals surface area contributed by atoms with Crippen molar-refractivity contribution in [3.8, 4) is 11.8 Å². The molecule has 0 aromatic carbocycles. The Hall–Kier alpha value is -1.32. The first-order valence-electron chi connectivity index (χ1n) is 8.46. The summed E-state index contributed by atoms with van der Waals surface area (Å²) < 4.78 is 11.7. The zero-order valence-electron chi connectivity index (χ0n) is 16.0. The van der Waals surface area contributed by atoms with Gasteiger partial charge in [0.15, 0.2) is 8.32 Å². The maximum Gasteiger partial charge on any atom is 0.417 e. The Bertz CT molecular complexity index is 603. The molecule has 0 bridgehead atoms. The summed E-state index contributed by atoms with van der Waals surface area (Å²) >= 11 is 0. The van der Waals surface area contributed by atoms with Crippen molar-refractivity contribution in [1.82, 2.24) is 4.90 Å². The second-order valence-electron chi connectivity index (χ2n) is 9.12. The lowest BCUT2D eigenvalue weighted by Gasteiger charge is -2.38. The molecule has 1 aliphatic carbocycles. The van der Waals surface area contributed by atoms with Crippen LogP contribution in [0.2, 0.25) is 18.1 Å². The Morgan fingerprint density at radius 1 is 1.17 bits per heavy atom. The number of hydrogen-bond acceptors (Lipinski definition) is 4. The lowest BCUT2D eigenvalue weighted by molar-refractivity contribution is -0.130. The maximum absolute atomic E-state index is 12.5. The van der Waals surface area contributed by atoms with Crippen LogP contribution < -0.4 is 0 Å². The van der Waals surface area contributed by atoms with E-state index >= 15 is 0 Å². The molecule has 6 heteroatoms. The summed E-state index contributed by atoms with van der Waals surface area (Å²) in [5.74, 6) is 5.13. The SMILES string of the molecule is CC(C)(C)OC(=O)N1C(=O)C2C#CC2C1CO[Si](C)(C)C(C)(C)C. The van der Waals surface area contributed by atoms with Crippen LogP contribution in [0.4, 0.5) is 4.79 Å². The van der Waals surface area contributed by atoms with Crippen LogP contribution in [0.1, 0.15) is 41.5 Å². The van der Waals surface area contributed by atoms with Crippen LogP contribution in [0.3, 0.4) is 0 Å². The molecule has 3 atom stereocenters. The van der Waals surface area contributed by atoms with Crippen molar-refractivity contribution >= 4 is 20.3 Å². The fourth-order valence-electron chi connectivity index (χ4n) is 2.50. The highest BCUT2D eigenvalue weighted by Crippen LogP contribution is 2.40. The summed E-state index contributed by atoms with van der Waals surface area (Å²) in [6.07, 6.45) is -0.602. The molecule has 0 aromatic heterocycles. The third kappa shape index (κ3) is 3.52. The van der Waals surface area contributed by atoms with Crippen LogP contribution in [0, 0.1) is 23.7 Å². The normalized spacial score (nSPS) is 26.4. The number of likely N-dealkylation sites (tertiary alicyclic amines) is 1. The highest BCUT2D eigenvalue weighted by atomic mass is 28.4. The maximum atomic E-state index is 12.5. The number of carbonyl (C=O) groups is 2. The van der Waals surface area contributed by atoms with Gasteiger partial charge in [-0.25, -0.2) is 9.69 Å². The van der Waals surface area contributed by atoms with Gasteiger partial charge in [0, 0.05) is 0 Å². The smallest absolute Gasteiger partial charge is 0.417 e. The number of ether oxygens (including phenoxy) is 1. The molecule has 0 aromatic rings. The molecular weight excluding hydrogens is 322 g/mol. The second kappa shape index (κ2) is 5.89. The Balaban J connectivity index is 2.15. The first-order valence-corrected chi connectivity index (χ1v) is 11.4. The quantitative estimate of drug-likeness (QED) is 0.577. The number of carbonyl (C=O) groups excluding carboxylic acids is 2. The highest BCUT2D eigenvalue weighted by Gasteiger charge is 2.54. The van der Waals surface area contributed by atoms with Gasteiger partial charge >= 0.3 is 6.09 Å². The van der Waals surface area contributed by atoms with Gasteiger partial charge < -0.3 is 9.16 Å². The highest BCUT2D eigenvalue weighted by molar-refractivity contribution is 6.74. The number of hydrogen-bond donors (Lipinski definition) is 0. The van der Waals surface area contributed by atoms with Crippen molar-refractivity contribution < 1.29 is 18.8 Å². The Kier molecular flexibility index (Phi) is 4.66. The van der Waals surface area contributed by atoms with E-state index < -0.39 is 20.0 Å². The molecule has 134 valence electrons. The lowest BCUT2D eigenvalue weighted by Crippen LogP contribution is -2.49. The van der Waals surface area contributed by atoms with E-state index in [1.165, 1.54) is 4.90 Å². The van der Waals surface area contributed by atoms with E-state index in [9.17, 15) is 9.59 Å². The third-order valence-electron chi connectivity index (χ3n) is 5.03. The largest absolute Gasteiger partial charge is 0.443 e. The minimum absolute atomic E-state index is 0.0665. The van der Waals surface area contributed by atoms with Crippen molar-refractivity contribution in [2.24, 2.45) is 11.8 Å². The van der Waals surface area contributed by atoms with Gasteiger partial charge in [0.2, 0.25) is 5.91 Å². The number of rotatable bonds is 3. The average molecular weight is 352 g/mol. The fourth-order valence-corrected chi connectivity index (χ4v) is 3.52. The molecule has 1 fully saturated rings. The molecule has 1 heterocycles. The molecule has 2 amide bonds. The Morgan fingerprint density at radius 3 is 2.17 bits per heavy atom. The van der Waals surface area contributed by atoms with Crippen molar-refractivity contribution in [2.75, 3.05) is 6.61 Å². The summed E-state index contributed by atoms with van der Waals surface area (Å²) in [7, 11) is -1.97. The molecule has 0 N–H and O–H groups in total. The minimum atomic E-state index is -1.97. The molecule has 0 radical (unpaired) electrons. The van der Waals surface area contributed by atoms with Crippen molar-refractivity contribution in [1.29, 1.82) is 0 Å². The number of imide groups is 1. The van der Waals surface area contributed by atoms with Gasteiger partial charge in [-0.1, -0.05) is 32.6 Å². The molecule has 2 aliphatic rings. The summed E-state index contributed by atoms with van der Waals surface area (Å²) in [6.45, 7) is 16.5. The zero-order valence-corrected chi connectivity index (χ0v) is 17.0. The van der Waals surface area contributed by atoms with E-state index in [0.717, 1.165) is 0 Å². The Morgan fingerprint density at radius 2 is 1.75 bits per heavy atom. The van der Waals surface area contributed by atoms with E-state index in [1.807, 2.05) is 0 Å². The topological polar surface area (TPSA) is 55.8 Å². The Labute approximate surface area is 146 Å². The fraction of sp³-hybridized carbons (Fsp3) is 0.778. The van der Waals surface area contributed by atoms with Crippen molar-refractivity contribution in [3.63, 3.8) is 0 Å². The summed E-state index contributed by atoms with van der Waals surface area (Å²) in [5, 5.41) is 0.0665. The first-order chi connectivity index (χ1) is 10.7. The van der Waals surface area contributed by atoms with E-state index in [-0.39, 0.29) is 28.8 Å². The van der Waals surface area contributed by atoms with Gasteiger partial charge in [0.1, 0.15) is 11.5 Å². The van der Waals surface area contributed by atoms with Crippen LogP contribution in [0.5, 0.6) is 0 Å². The average Bonchev–Trinajstić information content (AvgIpc) is 2.48. The third-order valence-corrected chi connectivity index (χ3v) is 9.53. The number of fused-ring (bicyclic) bond motifs is 1. The van der Waals surface area contributed by atoms with Crippen molar-refractivity contribution in [2.45, 2.75) is 71.3 Å². The molecule has 0 spiro atoms. The molecule has 5 nitrogen and oxygen atoms in total. The van der Waals surface area contributed by atoms with Crippen LogP contribution in [0.25, 0.3) is 0 Å².